The van der Waals surface area contributed by atoms with Crippen LogP contribution in [0.1, 0.15) is 22.8 Å². The number of para-hydroxylation sites is 1. The lowest BCUT2D eigenvalue weighted by Gasteiger charge is -2.10. The lowest BCUT2D eigenvalue weighted by molar-refractivity contribution is 0.101. The number of aliphatic hydroxyl groups is 1. The molecule has 0 aliphatic rings. The van der Waals surface area contributed by atoms with Gasteiger partial charge in [0.25, 0.3) is 0 Å². The Kier molecular flexibility index (Phi) is 3.69. The molecule has 1 aromatic heterocycles. The van der Waals surface area contributed by atoms with Crippen LogP contribution in [0.3, 0.4) is 0 Å². The number of hydrogen-bond donors (Lipinski definition) is 1. The number of rotatable bonds is 4. The smallest absolute Gasteiger partial charge is 0.230 e. The fourth-order valence-corrected chi connectivity index (χ4v) is 1.58. The van der Waals surface area contributed by atoms with Crippen molar-refractivity contribution in [3.05, 3.63) is 53.7 Å². The third-order valence-corrected chi connectivity index (χ3v) is 2.50. The van der Waals surface area contributed by atoms with Crippen molar-refractivity contribution in [2.75, 3.05) is 0 Å². The molecule has 0 spiro atoms. The Hall–Kier alpha value is -2.20. The van der Waals surface area contributed by atoms with E-state index in [1.807, 2.05) is 6.07 Å². The van der Waals surface area contributed by atoms with Gasteiger partial charge in [0.05, 0.1) is 12.2 Å². The fraction of sp³-hybridized carbons (Fsp3) is 0.143. The summed E-state index contributed by atoms with van der Waals surface area (Å²) in [6.45, 7) is 1.33. The van der Waals surface area contributed by atoms with Gasteiger partial charge >= 0.3 is 0 Å². The van der Waals surface area contributed by atoms with Crippen LogP contribution in [0.15, 0.2) is 42.6 Å². The Bertz CT molecular complexity index is 566. The summed E-state index contributed by atoms with van der Waals surface area (Å²) >= 11 is 0. The lowest BCUT2D eigenvalue weighted by Crippen LogP contribution is -2.00. The van der Waals surface area contributed by atoms with Gasteiger partial charge in [-0.25, -0.2) is 4.98 Å². The van der Waals surface area contributed by atoms with Gasteiger partial charge in [-0.1, -0.05) is 18.2 Å². The number of Topliss-reactive ketones (excluding diaryl/α,β-unsaturated/α-hetero) is 1. The van der Waals surface area contributed by atoms with Crippen LogP contribution in [0.5, 0.6) is 11.6 Å². The molecule has 0 unspecified atom stereocenters. The maximum Gasteiger partial charge on any atom is 0.230 e. The molecule has 0 saturated heterocycles. The van der Waals surface area contributed by atoms with E-state index in [1.165, 1.54) is 6.92 Å². The molecule has 0 amide bonds. The summed E-state index contributed by atoms with van der Waals surface area (Å²) in [6.07, 6.45) is 1.56. The summed E-state index contributed by atoms with van der Waals surface area (Å²) in [5, 5.41) is 9.21. The van der Waals surface area contributed by atoms with Crippen LogP contribution in [0.4, 0.5) is 0 Å². The first kappa shape index (κ1) is 12.3. The van der Waals surface area contributed by atoms with Crippen molar-refractivity contribution in [2.45, 2.75) is 13.5 Å². The minimum Gasteiger partial charge on any atom is -0.438 e. The van der Waals surface area contributed by atoms with Gasteiger partial charge in [0.2, 0.25) is 5.88 Å². The van der Waals surface area contributed by atoms with E-state index in [2.05, 4.69) is 4.98 Å². The molecule has 0 aliphatic heterocycles. The largest absolute Gasteiger partial charge is 0.438 e. The van der Waals surface area contributed by atoms with Crippen LogP contribution < -0.4 is 4.74 Å². The Morgan fingerprint density at radius 2 is 2.06 bits per heavy atom. The second-order valence-electron chi connectivity index (χ2n) is 3.78. The minimum absolute atomic E-state index is 0.112. The summed E-state index contributed by atoms with van der Waals surface area (Å²) in [7, 11) is 0. The van der Waals surface area contributed by atoms with E-state index in [-0.39, 0.29) is 18.3 Å². The highest BCUT2D eigenvalue weighted by atomic mass is 16.5. The summed E-state index contributed by atoms with van der Waals surface area (Å²) in [5.74, 6) is 0.645. The SMILES string of the molecule is CC(=O)c1cccnc1Oc1ccccc1CO. The number of nitrogens with zero attached hydrogens (tertiary/aromatic N) is 1. The van der Waals surface area contributed by atoms with Crippen LogP contribution >= 0.6 is 0 Å². The molecule has 0 aliphatic carbocycles. The number of aromatic nitrogens is 1. The second kappa shape index (κ2) is 5.42. The minimum atomic E-state index is -0.127. The van der Waals surface area contributed by atoms with E-state index in [0.29, 0.717) is 16.9 Å². The predicted octanol–water partition coefficient (Wildman–Crippen LogP) is 2.57. The molecule has 0 radical (unpaired) electrons. The molecule has 4 heteroatoms. The van der Waals surface area contributed by atoms with Gasteiger partial charge in [-0.05, 0) is 25.1 Å². The van der Waals surface area contributed by atoms with Gasteiger partial charge < -0.3 is 9.84 Å². The van der Waals surface area contributed by atoms with Crippen molar-refractivity contribution in [1.82, 2.24) is 4.98 Å². The van der Waals surface area contributed by atoms with Crippen LogP contribution in [-0.2, 0) is 6.61 Å². The molecular formula is C14H13NO3. The first-order valence-electron chi connectivity index (χ1n) is 5.55. The Morgan fingerprint density at radius 3 is 2.78 bits per heavy atom. The highest BCUT2D eigenvalue weighted by Gasteiger charge is 2.11. The number of aliphatic hydroxyl groups excluding tert-OH is 1. The molecule has 1 heterocycles. The number of carbonyl (C=O) groups is 1. The Labute approximate surface area is 105 Å². The van der Waals surface area contributed by atoms with Crippen molar-refractivity contribution in [2.24, 2.45) is 0 Å². The number of hydrogen-bond acceptors (Lipinski definition) is 4. The normalized spacial score (nSPS) is 10.1. The maximum atomic E-state index is 11.4. The molecule has 1 aromatic carbocycles. The maximum absolute atomic E-state index is 11.4. The molecule has 0 bridgehead atoms. The average molecular weight is 243 g/mol. The molecule has 2 rings (SSSR count). The topological polar surface area (TPSA) is 59.4 Å². The number of carbonyl (C=O) groups excluding carboxylic acids is 1. The lowest BCUT2D eigenvalue weighted by atomic mass is 10.2. The van der Waals surface area contributed by atoms with Gasteiger partial charge in [0, 0.05) is 11.8 Å². The quantitative estimate of drug-likeness (QED) is 0.838. The summed E-state index contributed by atoms with van der Waals surface area (Å²) in [5.41, 5.74) is 1.07. The van der Waals surface area contributed by atoms with Crippen molar-refractivity contribution in [1.29, 1.82) is 0 Å². The third kappa shape index (κ3) is 2.55. The molecule has 92 valence electrons. The van der Waals surface area contributed by atoms with Crippen LogP contribution in [0, 0.1) is 0 Å². The number of pyridine rings is 1. The van der Waals surface area contributed by atoms with E-state index < -0.39 is 0 Å². The van der Waals surface area contributed by atoms with Crippen LogP contribution in [0.25, 0.3) is 0 Å². The molecule has 0 fully saturated rings. The first-order chi connectivity index (χ1) is 8.72. The molecule has 0 saturated carbocycles. The number of ketones is 1. The second-order valence-corrected chi connectivity index (χ2v) is 3.78. The molecular weight excluding hydrogens is 230 g/mol. The van der Waals surface area contributed by atoms with Crippen molar-refractivity contribution >= 4 is 5.78 Å². The third-order valence-electron chi connectivity index (χ3n) is 2.50. The van der Waals surface area contributed by atoms with Gasteiger partial charge in [-0.15, -0.1) is 0 Å². The number of benzene rings is 1. The van der Waals surface area contributed by atoms with Gasteiger partial charge in [0.1, 0.15) is 5.75 Å². The Balaban J connectivity index is 2.37. The first-order valence-corrected chi connectivity index (χ1v) is 5.55. The van der Waals surface area contributed by atoms with Gasteiger partial charge in [-0.3, -0.25) is 4.79 Å². The molecule has 2 aromatic rings. The number of ether oxygens (including phenoxy) is 1. The Morgan fingerprint density at radius 1 is 1.28 bits per heavy atom. The fourth-order valence-electron chi connectivity index (χ4n) is 1.58. The van der Waals surface area contributed by atoms with Gasteiger partial charge in [0.15, 0.2) is 5.78 Å². The molecule has 0 atom stereocenters. The summed E-state index contributed by atoms with van der Waals surface area (Å²) in [4.78, 5) is 15.5. The monoisotopic (exact) mass is 243 g/mol. The zero-order chi connectivity index (χ0) is 13.0. The predicted molar refractivity (Wildman–Crippen MR) is 66.7 cm³/mol. The highest BCUT2D eigenvalue weighted by Crippen LogP contribution is 2.26. The summed E-state index contributed by atoms with van der Waals surface area (Å²) in [6, 6.07) is 10.4. The van der Waals surface area contributed by atoms with E-state index in [1.54, 1.807) is 36.5 Å². The van der Waals surface area contributed by atoms with Gasteiger partial charge in [-0.2, -0.15) is 0 Å². The molecule has 4 nitrogen and oxygen atoms in total. The van der Waals surface area contributed by atoms with E-state index in [9.17, 15) is 9.90 Å². The standard InChI is InChI=1S/C14H13NO3/c1-10(17)12-6-4-8-15-14(12)18-13-7-3-2-5-11(13)9-16/h2-8,16H,9H2,1H3. The van der Waals surface area contributed by atoms with Crippen molar-refractivity contribution in [3.8, 4) is 11.6 Å². The van der Waals surface area contributed by atoms with E-state index in [0.717, 1.165) is 0 Å². The molecule has 1 N–H and O–H groups in total. The van der Waals surface area contributed by atoms with Crippen molar-refractivity contribution in [3.63, 3.8) is 0 Å². The highest BCUT2D eigenvalue weighted by molar-refractivity contribution is 5.96. The van der Waals surface area contributed by atoms with Crippen LogP contribution in [-0.4, -0.2) is 15.9 Å². The van der Waals surface area contributed by atoms with Crippen molar-refractivity contribution < 1.29 is 14.6 Å². The van der Waals surface area contributed by atoms with E-state index in [4.69, 9.17) is 4.74 Å². The molecule has 18 heavy (non-hydrogen) atoms. The zero-order valence-electron chi connectivity index (χ0n) is 9.96. The van der Waals surface area contributed by atoms with E-state index >= 15 is 0 Å². The van der Waals surface area contributed by atoms with Crippen LogP contribution in [0.2, 0.25) is 0 Å². The zero-order valence-corrected chi connectivity index (χ0v) is 9.96. The average Bonchev–Trinajstić information content (AvgIpc) is 2.40. The summed E-state index contributed by atoms with van der Waals surface area (Å²) < 4.78 is 5.60.